The predicted octanol–water partition coefficient (Wildman–Crippen LogP) is 4.00. The van der Waals surface area contributed by atoms with E-state index in [1.807, 2.05) is 36.4 Å². The van der Waals surface area contributed by atoms with Crippen LogP contribution in [0, 0.1) is 0 Å². The normalized spacial score (nSPS) is 11.2. The summed E-state index contributed by atoms with van der Waals surface area (Å²) in [5.74, 6) is 1.12. The maximum atomic E-state index is 12.9. The Labute approximate surface area is 192 Å². The zero-order chi connectivity index (χ0) is 23.4. The Morgan fingerprint density at radius 1 is 1.06 bits per heavy atom. The van der Waals surface area contributed by atoms with E-state index in [0.29, 0.717) is 24.5 Å². The highest BCUT2D eigenvalue weighted by Gasteiger charge is 2.11. The third-order valence-corrected chi connectivity index (χ3v) is 5.71. The second-order valence-corrected chi connectivity index (χ2v) is 8.31. The van der Waals surface area contributed by atoms with Gasteiger partial charge in [0.25, 0.3) is 5.56 Å². The van der Waals surface area contributed by atoms with Crippen LogP contribution in [0.25, 0.3) is 16.8 Å². The molecule has 4 aromatic rings. The van der Waals surface area contributed by atoms with Crippen LogP contribution in [0.2, 0.25) is 0 Å². The molecule has 0 saturated heterocycles. The second kappa shape index (κ2) is 9.73. The fraction of sp³-hybridized carbons (Fsp3) is 0.269. The minimum atomic E-state index is -0.169. The molecule has 7 nitrogen and oxygen atoms in total. The van der Waals surface area contributed by atoms with Gasteiger partial charge in [-0.15, -0.1) is 0 Å². The molecule has 0 unspecified atom stereocenters. The molecule has 2 aromatic carbocycles. The van der Waals surface area contributed by atoms with Crippen LogP contribution in [-0.2, 0) is 17.9 Å². The summed E-state index contributed by atoms with van der Waals surface area (Å²) >= 11 is 0. The number of nitrogens with zero attached hydrogens (tertiary/aromatic N) is 3. The van der Waals surface area contributed by atoms with Crippen LogP contribution >= 0.6 is 0 Å². The number of hydrogen-bond donors (Lipinski definition) is 1. The van der Waals surface area contributed by atoms with E-state index in [2.05, 4.69) is 36.4 Å². The Bertz CT molecular complexity index is 1300. The lowest BCUT2D eigenvalue weighted by molar-refractivity contribution is -0.121. The number of fused-ring (bicyclic) bond motifs is 1. The lowest BCUT2D eigenvalue weighted by Crippen LogP contribution is -2.27. The minimum Gasteiger partial charge on any atom is -0.497 e. The molecule has 4 rings (SSSR count). The van der Waals surface area contributed by atoms with Crippen molar-refractivity contribution in [3.05, 3.63) is 88.5 Å². The van der Waals surface area contributed by atoms with Crippen LogP contribution in [-0.4, -0.2) is 27.2 Å². The maximum Gasteiger partial charge on any atom is 0.276 e. The molecule has 33 heavy (non-hydrogen) atoms. The van der Waals surface area contributed by atoms with Gasteiger partial charge in [-0.2, -0.15) is 5.10 Å². The van der Waals surface area contributed by atoms with E-state index < -0.39 is 0 Å². The van der Waals surface area contributed by atoms with E-state index in [0.717, 1.165) is 22.6 Å². The van der Waals surface area contributed by atoms with Gasteiger partial charge in [0.2, 0.25) is 5.91 Å². The third kappa shape index (κ3) is 5.14. The Hall–Kier alpha value is -3.87. The first-order valence-electron chi connectivity index (χ1n) is 11.0. The summed E-state index contributed by atoms with van der Waals surface area (Å²) in [5.41, 5.74) is 4.27. The third-order valence-electron chi connectivity index (χ3n) is 5.71. The number of ether oxygens (including phenoxy) is 1. The zero-order valence-electron chi connectivity index (χ0n) is 19.1. The van der Waals surface area contributed by atoms with E-state index in [1.54, 1.807) is 34.7 Å². The highest BCUT2D eigenvalue weighted by Crippen LogP contribution is 2.22. The van der Waals surface area contributed by atoms with Crippen molar-refractivity contribution in [2.45, 2.75) is 39.3 Å². The summed E-state index contributed by atoms with van der Waals surface area (Å²) in [4.78, 5) is 25.2. The summed E-state index contributed by atoms with van der Waals surface area (Å²) in [6.07, 6.45) is 3.63. The molecule has 1 N–H and O–H groups in total. The summed E-state index contributed by atoms with van der Waals surface area (Å²) in [6, 6.07) is 17.6. The number of carbonyl (C=O) groups is 1. The van der Waals surface area contributed by atoms with Crippen molar-refractivity contribution in [3.63, 3.8) is 0 Å². The fourth-order valence-corrected chi connectivity index (χ4v) is 3.64. The van der Waals surface area contributed by atoms with Crippen LogP contribution in [0.5, 0.6) is 5.75 Å². The van der Waals surface area contributed by atoms with Gasteiger partial charge < -0.3 is 14.6 Å². The van der Waals surface area contributed by atoms with Crippen LogP contribution < -0.4 is 15.6 Å². The van der Waals surface area contributed by atoms with Gasteiger partial charge in [0.15, 0.2) is 0 Å². The first-order valence-corrected chi connectivity index (χ1v) is 11.0. The number of methoxy groups -OCH3 is 1. The van der Waals surface area contributed by atoms with Crippen LogP contribution in [0.4, 0.5) is 0 Å². The average molecular weight is 445 g/mol. The summed E-state index contributed by atoms with van der Waals surface area (Å²) in [5, 5.41) is 7.43. The Morgan fingerprint density at radius 3 is 2.45 bits per heavy atom. The lowest BCUT2D eigenvalue weighted by Gasteiger charge is -2.08. The van der Waals surface area contributed by atoms with Crippen molar-refractivity contribution < 1.29 is 9.53 Å². The molecule has 0 aliphatic rings. The van der Waals surface area contributed by atoms with Gasteiger partial charge in [-0.05, 0) is 35.2 Å². The molecule has 170 valence electrons. The lowest BCUT2D eigenvalue weighted by atomic mass is 10.0. The predicted molar refractivity (Wildman–Crippen MR) is 128 cm³/mol. The molecule has 0 spiro atoms. The highest BCUT2D eigenvalue weighted by molar-refractivity contribution is 5.75. The zero-order valence-corrected chi connectivity index (χ0v) is 19.1. The number of nitrogens with one attached hydrogen (secondary N) is 1. The van der Waals surface area contributed by atoms with Gasteiger partial charge in [0.05, 0.1) is 12.8 Å². The van der Waals surface area contributed by atoms with E-state index in [9.17, 15) is 9.59 Å². The van der Waals surface area contributed by atoms with Crippen molar-refractivity contribution in [3.8, 4) is 17.0 Å². The molecular weight excluding hydrogens is 416 g/mol. The van der Waals surface area contributed by atoms with Gasteiger partial charge in [-0.1, -0.05) is 50.2 Å². The highest BCUT2D eigenvalue weighted by atomic mass is 16.5. The van der Waals surface area contributed by atoms with Crippen LogP contribution in [0.3, 0.4) is 0 Å². The van der Waals surface area contributed by atoms with E-state index in [4.69, 9.17) is 4.74 Å². The van der Waals surface area contributed by atoms with Crippen molar-refractivity contribution >= 4 is 11.4 Å². The molecule has 0 atom stereocenters. The molecule has 0 bridgehead atoms. The van der Waals surface area contributed by atoms with Crippen LogP contribution in [0.15, 0.2) is 71.8 Å². The largest absolute Gasteiger partial charge is 0.497 e. The standard InChI is InChI=1S/C26H28N4O3/c1-18(2)20-6-8-21(9-7-20)23-16-24-26(32)29(14-15-30(24)28-23)13-12-25(31)27-17-19-4-10-22(33-3)11-5-19/h4-11,14-16,18H,12-13,17H2,1-3H3,(H,27,31). The average Bonchev–Trinajstić information content (AvgIpc) is 3.28. The molecule has 0 fully saturated rings. The number of benzene rings is 2. The Balaban J connectivity index is 1.41. The van der Waals surface area contributed by atoms with Crippen molar-refractivity contribution in [2.24, 2.45) is 0 Å². The van der Waals surface area contributed by atoms with E-state index >= 15 is 0 Å². The summed E-state index contributed by atoms with van der Waals surface area (Å²) in [7, 11) is 1.62. The van der Waals surface area contributed by atoms with E-state index in [-0.39, 0.29) is 17.9 Å². The number of carbonyl (C=O) groups excluding carboxylic acids is 1. The maximum absolute atomic E-state index is 12.9. The minimum absolute atomic E-state index is 0.114. The van der Waals surface area contributed by atoms with Crippen LogP contribution in [0.1, 0.15) is 37.3 Å². The number of rotatable bonds is 8. The second-order valence-electron chi connectivity index (χ2n) is 8.31. The van der Waals surface area contributed by atoms with Crippen molar-refractivity contribution in [2.75, 3.05) is 7.11 Å². The fourth-order valence-electron chi connectivity index (χ4n) is 3.64. The Morgan fingerprint density at radius 2 is 1.79 bits per heavy atom. The topological polar surface area (TPSA) is 77.6 Å². The SMILES string of the molecule is COc1ccc(CNC(=O)CCn2ccn3nc(-c4ccc(C(C)C)cc4)cc3c2=O)cc1. The van der Waals surface area contributed by atoms with Gasteiger partial charge in [-0.3, -0.25) is 9.59 Å². The smallest absolute Gasteiger partial charge is 0.276 e. The summed E-state index contributed by atoms with van der Waals surface area (Å²) < 4.78 is 8.28. The molecule has 0 aliphatic heterocycles. The quantitative estimate of drug-likeness (QED) is 0.446. The number of amides is 1. The summed E-state index contributed by atoms with van der Waals surface area (Å²) in [6.45, 7) is 5.04. The first-order chi connectivity index (χ1) is 15.9. The number of aromatic nitrogens is 3. The van der Waals surface area contributed by atoms with Gasteiger partial charge in [0, 0.05) is 37.5 Å². The first kappa shape index (κ1) is 22.3. The molecule has 0 saturated carbocycles. The molecule has 0 radical (unpaired) electrons. The Kier molecular flexibility index (Phi) is 6.58. The molecule has 1 amide bonds. The monoisotopic (exact) mass is 444 g/mol. The van der Waals surface area contributed by atoms with Crippen molar-refractivity contribution in [1.29, 1.82) is 0 Å². The van der Waals surface area contributed by atoms with Gasteiger partial charge in [-0.25, -0.2) is 4.52 Å². The van der Waals surface area contributed by atoms with Gasteiger partial charge in [0.1, 0.15) is 11.3 Å². The molecular formula is C26H28N4O3. The molecule has 7 heteroatoms. The van der Waals surface area contributed by atoms with Gasteiger partial charge >= 0.3 is 0 Å². The van der Waals surface area contributed by atoms with Crippen molar-refractivity contribution in [1.82, 2.24) is 19.5 Å². The molecule has 2 heterocycles. The number of hydrogen-bond acceptors (Lipinski definition) is 4. The van der Waals surface area contributed by atoms with E-state index in [1.165, 1.54) is 5.56 Å². The molecule has 0 aliphatic carbocycles. The number of aryl methyl sites for hydroxylation is 1. The molecule has 2 aromatic heterocycles.